The molecule has 4 bridgehead atoms. The van der Waals surface area contributed by atoms with Gasteiger partial charge < -0.3 is 9.72 Å². The van der Waals surface area contributed by atoms with Crippen LogP contribution >= 0.6 is 12.6 Å². The Kier molecular flexibility index (Phi) is 4.43. The van der Waals surface area contributed by atoms with E-state index in [-0.39, 0.29) is 10.7 Å². The summed E-state index contributed by atoms with van der Waals surface area (Å²) < 4.78 is 6.56. The van der Waals surface area contributed by atoms with Crippen LogP contribution in [0.15, 0.2) is 0 Å². The number of aromatic nitrogens is 2. The Hall–Kier alpha value is -0.810. The van der Waals surface area contributed by atoms with Crippen LogP contribution in [0.1, 0.15) is 98.6 Å². The molecule has 26 heavy (non-hydrogen) atoms. The van der Waals surface area contributed by atoms with E-state index in [1.54, 1.807) is 0 Å². The lowest BCUT2D eigenvalue weighted by Gasteiger charge is -2.56. The number of imidazole rings is 1. The number of aromatic amines is 1. The van der Waals surface area contributed by atoms with E-state index < -0.39 is 0 Å². The van der Waals surface area contributed by atoms with Crippen molar-refractivity contribution in [3.05, 3.63) is 17.2 Å². The average Bonchev–Trinajstić information content (AvgIpc) is 3.04. The average molecular weight is 375 g/mol. The minimum absolute atomic E-state index is 0.0573. The summed E-state index contributed by atoms with van der Waals surface area (Å²) in [4.78, 5) is 20.1. The SMILES string of the molecule is O=C(S)c1nc(C2CCCCC2)[nH]c1COC12CC3CC(CC(C3)C1)C2. The van der Waals surface area contributed by atoms with Gasteiger partial charge in [-0.25, -0.2) is 4.98 Å². The second-order valence-corrected chi connectivity index (χ2v) is 9.88. The molecule has 1 aromatic rings. The van der Waals surface area contributed by atoms with E-state index in [9.17, 15) is 4.79 Å². The molecule has 0 saturated heterocycles. The van der Waals surface area contributed by atoms with Gasteiger partial charge in [-0.2, -0.15) is 0 Å². The van der Waals surface area contributed by atoms with Crippen molar-refractivity contribution in [2.75, 3.05) is 0 Å². The van der Waals surface area contributed by atoms with Crippen molar-refractivity contribution in [1.82, 2.24) is 9.97 Å². The van der Waals surface area contributed by atoms with Gasteiger partial charge in [0.2, 0.25) is 5.12 Å². The van der Waals surface area contributed by atoms with Crippen LogP contribution in [0, 0.1) is 17.8 Å². The van der Waals surface area contributed by atoms with Crippen LogP contribution in [0.2, 0.25) is 0 Å². The first-order chi connectivity index (χ1) is 12.6. The van der Waals surface area contributed by atoms with Crippen molar-refractivity contribution in [3.8, 4) is 0 Å². The van der Waals surface area contributed by atoms with Crippen molar-refractivity contribution >= 4 is 17.7 Å². The summed E-state index contributed by atoms with van der Waals surface area (Å²) in [6.45, 7) is 0.480. The predicted octanol–water partition coefficient (Wildman–Crippen LogP) is 5.01. The number of nitrogens with zero attached hydrogens (tertiary/aromatic N) is 1. The number of nitrogens with one attached hydrogen (secondary N) is 1. The summed E-state index contributed by atoms with van der Waals surface area (Å²) in [6.07, 6.45) is 14.1. The predicted molar refractivity (Wildman–Crippen MR) is 103 cm³/mol. The lowest BCUT2D eigenvalue weighted by molar-refractivity contribution is -0.169. The van der Waals surface area contributed by atoms with E-state index >= 15 is 0 Å². The molecule has 142 valence electrons. The summed E-state index contributed by atoms with van der Waals surface area (Å²) in [5.41, 5.74) is 1.39. The van der Waals surface area contributed by atoms with Crippen molar-refractivity contribution in [2.24, 2.45) is 17.8 Å². The molecule has 1 N–H and O–H groups in total. The molecule has 0 aromatic carbocycles. The zero-order chi connectivity index (χ0) is 17.7. The largest absolute Gasteiger partial charge is 0.369 e. The third-order valence-corrected chi connectivity index (χ3v) is 7.71. The molecule has 0 radical (unpaired) electrons. The fraction of sp³-hybridized carbons (Fsp3) is 0.810. The minimum Gasteiger partial charge on any atom is -0.369 e. The Morgan fingerprint density at radius 2 is 1.69 bits per heavy atom. The number of H-pyrrole nitrogens is 1. The maximum atomic E-state index is 12.0. The van der Waals surface area contributed by atoms with Gasteiger partial charge in [0.15, 0.2) is 0 Å². The zero-order valence-corrected chi connectivity index (χ0v) is 16.4. The maximum Gasteiger partial charge on any atom is 0.236 e. The second-order valence-electron chi connectivity index (χ2n) is 9.48. The molecule has 4 nitrogen and oxygen atoms in total. The third kappa shape index (κ3) is 3.15. The first-order valence-electron chi connectivity index (χ1n) is 10.6. The third-order valence-electron chi connectivity index (χ3n) is 7.50. The minimum atomic E-state index is -0.243. The molecular formula is C21H30N2O2S. The molecule has 0 amide bonds. The highest BCUT2D eigenvalue weighted by molar-refractivity contribution is 7.97. The Bertz CT molecular complexity index is 657. The summed E-state index contributed by atoms with van der Waals surface area (Å²) >= 11 is 4.07. The van der Waals surface area contributed by atoms with Gasteiger partial charge in [0.1, 0.15) is 11.5 Å². The van der Waals surface area contributed by atoms with Gasteiger partial charge in [0, 0.05) is 5.92 Å². The molecule has 5 aliphatic rings. The molecule has 1 heterocycles. The molecule has 0 aliphatic heterocycles. The molecule has 0 atom stereocenters. The van der Waals surface area contributed by atoms with Crippen LogP contribution in [0.25, 0.3) is 0 Å². The Morgan fingerprint density at radius 3 is 2.27 bits per heavy atom. The highest BCUT2D eigenvalue weighted by Crippen LogP contribution is 2.57. The molecule has 5 saturated carbocycles. The lowest BCUT2D eigenvalue weighted by Crippen LogP contribution is -2.51. The van der Waals surface area contributed by atoms with Gasteiger partial charge in [-0.3, -0.25) is 4.79 Å². The maximum absolute atomic E-state index is 12.0. The number of thiol groups is 1. The highest BCUT2D eigenvalue weighted by Gasteiger charge is 2.51. The van der Waals surface area contributed by atoms with Gasteiger partial charge in [-0.05, 0) is 69.1 Å². The summed E-state index contributed by atoms with van der Waals surface area (Å²) in [5.74, 6) is 4.04. The molecule has 0 unspecified atom stereocenters. The molecule has 5 aliphatic carbocycles. The van der Waals surface area contributed by atoms with Crippen LogP contribution in [0.5, 0.6) is 0 Å². The second kappa shape index (κ2) is 6.66. The van der Waals surface area contributed by atoms with Gasteiger partial charge in [0.05, 0.1) is 17.9 Å². The molecule has 5 heteroatoms. The molecule has 1 aromatic heterocycles. The molecule has 0 spiro atoms. The fourth-order valence-electron chi connectivity index (χ4n) is 6.71. The van der Waals surface area contributed by atoms with Gasteiger partial charge in [-0.15, -0.1) is 0 Å². The first kappa shape index (κ1) is 17.3. The van der Waals surface area contributed by atoms with Crippen molar-refractivity contribution < 1.29 is 9.53 Å². The highest BCUT2D eigenvalue weighted by atomic mass is 32.1. The van der Waals surface area contributed by atoms with E-state index in [2.05, 4.69) is 22.6 Å². The van der Waals surface area contributed by atoms with Crippen molar-refractivity contribution in [3.63, 3.8) is 0 Å². The van der Waals surface area contributed by atoms with Crippen LogP contribution in [0.3, 0.4) is 0 Å². The zero-order valence-electron chi connectivity index (χ0n) is 15.5. The van der Waals surface area contributed by atoms with Gasteiger partial charge in [0.25, 0.3) is 0 Å². The monoisotopic (exact) mass is 374 g/mol. The summed E-state index contributed by atoms with van der Waals surface area (Å²) in [6, 6.07) is 0. The Balaban J connectivity index is 1.33. The number of hydrogen-bond donors (Lipinski definition) is 2. The number of rotatable bonds is 5. The number of carbonyl (C=O) groups excluding carboxylic acids is 1. The van der Waals surface area contributed by atoms with Crippen LogP contribution in [0.4, 0.5) is 0 Å². The number of ether oxygens (including phenoxy) is 1. The van der Waals surface area contributed by atoms with Gasteiger partial charge >= 0.3 is 0 Å². The van der Waals surface area contributed by atoms with Crippen LogP contribution in [-0.4, -0.2) is 20.7 Å². The summed E-state index contributed by atoms with van der Waals surface area (Å²) in [5, 5.41) is -0.243. The molecule has 6 rings (SSSR count). The van der Waals surface area contributed by atoms with E-state index in [4.69, 9.17) is 4.74 Å². The fourth-order valence-corrected chi connectivity index (χ4v) is 6.90. The van der Waals surface area contributed by atoms with E-state index in [1.165, 1.54) is 70.6 Å². The number of hydrogen-bond acceptors (Lipinski definition) is 3. The normalized spacial score (nSPS) is 36.6. The van der Waals surface area contributed by atoms with E-state index in [0.29, 0.717) is 18.2 Å². The molecular weight excluding hydrogens is 344 g/mol. The van der Waals surface area contributed by atoms with Crippen molar-refractivity contribution in [2.45, 2.75) is 88.8 Å². The number of carbonyl (C=O) groups is 1. The molecule has 5 fully saturated rings. The van der Waals surface area contributed by atoms with E-state index in [0.717, 1.165) is 29.3 Å². The summed E-state index contributed by atoms with van der Waals surface area (Å²) in [7, 11) is 0. The Labute approximate surface area is 161 Å². The van der Waals surface area contributed by atoms with E-state index in [1.807, 2.05) is 0 Å². The van der Waals surface area contributed by atoms with Crippen LogP contribution < -0.4 is 0 Å². The van der Waals surface area contributed by atoms with Gasteiger partial charge in [-0.1, -0.05) is 31.9 Å². The Morgan fingerprint density at radius 1 is 1.08 bits per heavy atom. The lowest BCUT2D eigenvalue weighted by atomic mass is 9.54. The van der Waals surface area contributed by atoms with Crippen LogP contribution in [-0.2, 0) is 11.3 Å². The topological polar surface area (TPSA) is 55.0 Å². The quantitative estimate of drug-likeness (QED) is 0.712. The smallest absolute Gasteiger partial charge is 0.236 e. The van der Waals surface area contributed by atoms with Crippen molar-refractivity contribution in [1.29, 1.82) is 0 Å². The standard InChI is InChI=1S/C21H30N2O2S/c24-20(26)18-17(22-19(23-18)16-4-2-1-3-5-16)12-25-21-9-13-6-14(10-21)8-15(7-13)11-21/h13-16H,1-12H2,(H,22,23)(H,24,26). The first-order valence-corrected chi connectivity index (χ1v) is 11.0.